The van der Waals surface area contributed by atoms with Crippen LogP contribution in [0.2, 0.25) is 0 Å². The molecule has 1 fully saturated rings. The van der Waals surface area contributed by atoms with E-state index in [0.29, 0.717) is 19.5 Å². The fourth-order valence-electron chi connectivity index (χ4n) is 2.41. The van der Waals surface area contributed by atoms with Crippen molar-refractivity contribution in [2.45, 2.75) is 31.2 Å². The van der Waals surface area contributed by atoms with E-state index in [2.05, 4.69) is 17.4 Å². The summed E-state index contributed by atoms with van der Waals surface area (Å²) in [6, 6.07) is 10.3. The zero-order chi connectivity index (χ0) is 15.2. The molecule has 1 saturated heterocycles. The van der Waals surface area contributed by atoms with Crippen molar-refractivity contribution in [2.24, 2.45) is 5.92 Å². The van der Waals surface area contributed by atoms with Crippen LogP contribution in [0.4, 0.5) is 0 Å². The Labute approximate surface area is 130 Å². The number of benzene rings is 1. The molecule has 0 saturated carbocycles. The molecule has 0 bridgehead atoms. The molecule has 0 aromatic heterocycles. The second kappa shape index (κ2) is 7.50. The average Bonchev–Trinajstić information content (AvgIpc) is 2.87. The molecule has 1 aliphatic rings. The molecule has 1 aromatic carbocycles. The summed E-state index contributed by atoms with van der Waals surface area (Å²) in [6.45, 7) is 5.14. The first kappa shape index (κ1) is 15.9. The minimum Gasteiger partial charge on any atom is -0.355 e. The fourth-order valence-corrected chi connectivity index (χ4v) is 3.20. The Balaban J connectivity index is 1.70. The van der Waals surface area contributed by atoms with Gasteiger partial charge in [-0.3, -0.25) is 9.59 Å². The van der Waals surface area contributed by atoms with Crippen molar-refractivity contribution in [3.63, 3.8) is 0 Å². The van der Waals surface area contributed by atoms with Crippen LogP contribution in [0.3, 0.4) is 0 Å². The van der Waals surface area contributed by atoms with E-state index in [1.165, 1.54) is 4.90 Å². The highest BCUT2D eigenvalue weighted by Crippen LogP contribution is 2.20. The van der Waals surface area contributed by atoms with Crippen molar-refractivity contribution in [3.8, 4) is 0 Å². The Hall–Kier alpha value is -1.49. The third kappa shape index (κ3) is 4.49. The number of likely N-dealkylation sites (tertiary alicyclic amines) is 1. The van der Waals surface area contributed by atoms with Crippen LogP contribution in [-0.4, -0.2) is 41.6 Å². The van der Waals surface area contributed by atoms with Crippen LogP contribution >= 0.6 is 11.8 Å². The topological polar surface area (TPSA) is 49.4 Å². The zero-order valence-electron chi connectivity index (χ0n) is 12.5. The number of amides is 2. The van der Waals surface area contributed by atoms with Crippen LogP contribution < -0.4 is 5.32 Å². The Morgan fingerprint density at radius 1 is 1.38 bits per heavy atom. The lowest BCUT2D eigenvalue weighted by atomic mass is 10.1. The number of carbonyl (C=O) groups is 2. The smallest absolute Gasteiger partial charge is 0.225 e. The maximum atomic E-state index is 12.1. The lowest BCUT2D eigenvalue weighted by Crippen LogP contribution is -2.36. The van der Waals surface area contributed by atoms with Gasteiger partial charge in [0.1, 0.15) is 0 Å². The number of rotatable bonds is 6. The molecule has 1 heterocycles. The monoisotopic (exact) mass is 306 g/mol. The van der Waals surface area contributed by atoms with Crippen LogP contribution in [0.15, 0.2) is 35.2 Å². The number of nitrogens with zero attached hydrogens (tertiary/aromatic N) is 1. The zero-order valence-corrected chi connectivity index (χ0v) is 13.4. The molecule has 0 spiro atoms. The molecule has 0 unspecified atom stereocenters. The summed E-state index contributed by atoms with van der Waals surface area (Å²) in [5.41, 5.74) is 0. The van der Waals surface area contributed by atoms with Crippen LogP contribution in [-0.2, 0) is 9.59 Å². The summed E-state index contributed by atoms with van der Waals surface area (Å²) in [6.07, 6.45) is 0.343. The molecule has 21 heavy (non-hydrogen) atoms. The standard InChI is InChI=1S/C16H22N2O2S/c1-12(2)18-11-13(10-15(18)19)16(20)17-8-9-21-14-6-4-3-5-7-14/h3-7,12-13H,8-11H2,1-2H3,(H,17,20)/t13-/m0/s1. The van der Waals surface area contributed by atoms with Gasteiger partial charge in [0, 0.05) is 36.2 Å². The van der Waals surface area contributed by atoms with Gasteiger partial charge in [-0.15, -0.1) is 11.8 Å². The van der Waals surface area contributed by atoms with Gasteiger partial charge in [0.2, 0.25) is 11.8 Å². The first-order valence-electron chi connectivity index (χ1n) is 7.33. The molecule has 0 aliphatic carbocycles. The predicted molar refractivity (Wildman–Crippen MR) is 85.1 cm³/mol. The van der Waals surface area contributed by atoms with Gasteiger partial charge in [-0.25, -0.2) is 0 Å². The van der Waals surface area contributed by atoms with Gasteiger partial charge in [0.05, 0.1) is 5.92 Å². The van der Waals surface area contributed by atoms with E-state index in [1.807, 2.05) is 32.0 Å². The molecular formula is C16H22N2O2S. The Bertz CT molecular complexity index is 490. The maximum Gasteiger partial charge on any atom is 0.225 e. The third-order valence-electron chi connectivity index (χ3n) is 3.57. The Morgan fingerprint density at radius 3 is 2.71 bits per heavy atom. The quantitative estimate of drug-likeness (QED) is 0.647. The van der Waals surface area contributed by atoms with Gasteiger partial charge in [-0.05, 0) is 26.0 Å². The maximum absolute atomic E-state index is 12.1. The molecule has 114 valence electrons. The number of hydrogen-bond donors (Lipinski definition) is 1. The molecule has 2 rings (SSSR count). The summed E-state index contributed by atoms with van der Waals surface area (Å²) in [4.78, 5) is 26.8. The van der Waals surface area contributed by atoms with Crippen molar-refractivity contribution in [3.05, 3.63) is 30.3 Å². The SMILES string of the molecule is CC(C)N1C[C@@H](C(=O)NCCSc2ccccc2)CC1=O. The molecule has 4 nitrogen and oxygen atoms in total. The highest BCUT2D eigenvalue weighted by Gasteiger charge is 2.35. The second-order valence-corrected chi connectivity index (χ2v) is 6.66. The summed E-state index contributed by atoms with van der Waals surface area (Å²) in [7, 11) is 0. The summed E-state index contributed by atoms with van der Waals surface area (Å²) in [5.74, 6) is 0.732. The van der Waals surface area contributed by atoms with Gasteiger partial charge in [-0.1, -0.05) is 18.2 Å². The number of carbonyl (C=O) groups excluding carboxylic acids is 2. The van der Waals surface area contributed by atoms with Crippen molar-refractivity contribution >= 4 is 23.6 Å². The van der Waals surface area contributed by atoms with E-state index in [4.69, 9.17) is 0 Å². The van der Waals surface area contributed by atoms with E-state index in [9.17, 15) is 9.59 Å². The van der Waals surface area contributed by atoms with Crippen molar-refractivity contribution in [1.29, 1.82) is 0 Å². The van der Waals surface area contributed by atoms with Gasteiger partial charge >= 0.3 is 0 Å². The van der Waals surface area contributed by atoms with E-state index in [0.717, 1.165) is 5.75 Å². The van der Waals surface area contributed by atoms with Crippen molar-refractivity contribution < 1.29 is 9.59 Å². The first-order chi connectivity index (χ1) is 10.1. The van der Waals surface area contributed by atoms with E-state index < -0.39 is 0 Å². The molecule has 1 N–H and O–H groups in total. The van der Waals surface area contributed by atoms with Crippen LogP contribution in [0.1, 0.15) is 20.3 Å². The van der Waals surface area contributed by atoms with Crippen LogP contribution in [0, 0.1) is 5.92 Å². The van der Waals surface area contributed by atoms with Crippen LogP contribution in [0.25, 0.3) is 0 Å². The third-order valence-corrected chi connectivity index (χ3v) is 4.58. The Kier molecular flexibility index (Phi) is 5.67. The molecule has 2 amide bonds. The molecule has 1 aliphatic heterocycles. The highest BCUT2D eigenvalue weighted by atomic mass is 32.2. The van der Waals surface area contributed by atoms with Gasteiger partial charge < -0.3 is 10.2 Å². The van der Waals surface area contributed by atoms with Gasteiger partial charge in [0.25, 0.3) is 0 Å². The summed E-state index contributed by atoms with van der Waals surface area (Å²) in [5, 5.41) is 2.94. The summed E-state index contributed by atoms with van der Waals surface area (Å²) >= 11 is 1.72. The van der Waals surface area contributed by atoms with Gasteiger partial charge in [-0.2, -0.15) is 0 Å². The normalized spacial score (nSPS) is 18.3. The minimum atomic E-state index is -0.193. The molecule has 0 radical (unpaired) electrons. The molecular weight excluding hydrogens is 284 g/mol. The average molecular weight is 306 g/mol. The Morgan fingerprint density at radius 2 is 2.10 bits per heavy atom. The van der Waals surface area contributed by atoms with E-state index in [1.54, 1.807) is 16.7 Å². The van der Waals surface area contributed by atoms with E-state index in [-0.39, 0.29) is 23.8 Å². The lowest BCUT2D eigenvalue weighted by Gasteiger charge is -2.20. The predicted octanol–water partition coefficient (Wildman–Crippen LogP) is 2.15. The van der Waals surface area contributed by atoms with Crippen molar-refractivity contribution in [2.75, 3.05) is 18.8 Å². The largest absolute Gasteiger partial charge is 0.355 e. The first-order valence-corrected chi connectivity index (χ1v) is 8.31. The lowest BCUT2D eigenvalue weighted by molar-refractivity contribution is -0.129. The van der Waals surface area contributed by atoms with E-state index >= 15 is 0 Å². The second-order valence-electron chi connectivity index (χ2n) is 5.49. The molecule has 1 aromatic rings. The number of nitrogens with one attached hydrogen (secondary N) is 1. The van der Waals surface area contributed by atoms with Crippen molar-refractivity contribution in [1.82, 2.24) is 10.2 Å². The van der Waals surface area contributed by atoms with Gasteiger partial charge in [0.15, 0.2) is 0 Å². The summed E-state index contributed by atoms with van der Waals surface area (Å²) < 4.78 is 0. The fraction of sp³-hybridized carbons (Fsp3) is 0.500. The highest BCUT2D eigenvalue weighted by molar-refractivity contribution is 7.99. The number of thioether (sulfide) groups is 1. The number of hydrogen-bond acceptors (Lipinski definition) is 3. The minimum absolute atomic E-state index is 0.000150. The van der Waals surface area contributed by atoms with Crippen LogP contribution in [0.5, 0.6) is 0 Å². The molecule has 1 atom stereocenters. The molecule has 5 heteroatoms.